The van der Waals surface area contributed by atoms with Crippen LogP contribution in [0.15, 0.2) is 12.4 Å². The van der Waals surface area contributed by atoms with Crippen molar-refractivity contribution in [2.45, 2.75) is 27.2 Å². The Morgan fingerprint density at radius 2 is 2.00 bits per heavy atom. The number of esters is 1. The summed E-state index contributed by atoms with van der Waals surface area (Å²) in [4.78, 5) is 33.2. The Labute approximate surface area is 112 Å². The third-order valence-corrected chi connectivity index (χ3v) is 2.41. The van der Waals surface area contributed by atoms with Crippen LogP contribution in [-0.2, 0) is 9.53 Å². The molecule has 19 heavy (non-hydrogen) atoms. The molecule has 104 valence electrons. The highest BCUT2D eigenvalue weighted by atomic mass is 16.5. The summed E-state index contributed by atoms with van der Waals surface area (Å²) in [5.41, 5.74) is 0.979. The molecule has 0 unspecified atom stereocenters. The van der Waals surface area contributed by atoms with Crippen LogP contribution in [0.2, 0.25) is 0 Å². The van der Waals surface area contributed by atoms with Crippen molar-refractivity contribution in [1.29, 1.82) is 0 Å². The summed E-state index contributed by atoms with van der Waals surface area (Å²) in [5.74, 6) is -0.716. The highest BCUT2D eigenvalue weighted by Crippen LogP contribution is 2.03. The van der Waals surface area contributed by atoms with Gasteiger partial charge < -0.3 is 9.64 Å². The molecule has 0 aromatic carbocycles. The van der Waals surface area contributed by atoms with Crippen molar-refractivity contribution >= 4 is 11.9 Å². The van der Waals surface area contributed by atoms with Gasteiger partial charge in [0.15, 0.2) is 0 Å². The molecule has 0 aliphatic rings. The first kappa shape index (κ1) is 15.1. The Hall–Kier alpha value is -1.98. The fourth-order valence-electron chi connectivity index (χ4n) is 1.55. The zero-order valence-electron chi connectivity index (χ0n) is 11.5. The van der Waals surface area contributed by atoms with Gasteiger partial charge in [-0.2, -0.15) is 0 Å². The van der Waals surface area contributed by atoms with E-state index in [-0.39, 0.29) is 18.1 Å². The number of aromatic nitrogens is 2. The van der Waals surface area contributed by atoms with Gasteiger partial charge in [-0.15, -0.1) is 0 Å². The predicted molar refractivity (Wildman–Crippen MR) is 69.6 cm³/mol. The maximum absolute atomic E-state index is 12.2. The Morgan fingerprint density at radius 1 is 1.26 bits per heavy atom. The van der Waals surface area contributed by atoms with Crippen molar-refractivity contribution in [2.75, 3.05) is 19.7 Å². The van der Waals surface area contributed by atoms with Crippen LogP contribution < -0.4 is 0 Å². The highest BCUT2D eigenvalue weighted by molar-refractivity contribution is 5.94. The molecule has 0 aliphatic carbocycles. The Bertz CT molecular complexity index is 431. The van der Waals surface area contributed by atoms with E-state index < -0.39 is 5.97 Å². The lowest BCUT2D eigenvalue weighted by Crippen LogP contribution is -2.37. The second-order valence-electron chi connectivity index (χ2n) is 4.07. The van der Waals surface area contributed by atoms with E-state index >= 15 is 0 Å². The Morgan fingerprint density at radius 3 is 2.53 bits per heavy atom. The molecule has 1 rings (SSSR count). The second-order valence-corrected chi connectivity index (χ2v) is 4.07. The van der Waals surface area contributed by atoms with Crippen molar-refractivity contribution < 1.29 is 14.3 Å². The lowest BCUT2D eigenvalue weighted by Gasteiger charge is -2.20. The van der Waals surface area contributed by atoms with Gasteiger partial charge in [-0.25, -0.2) is 4.98 Å². The number of rotatable bonds is 6. The summed E-state index contributed by atoms with van der Waals surface area (Å²) in [6.07, 6.45) is 3.71. The van der Waals surface area contributed by atoms with E-state index in [1.807, 2.05) is 6.92 Å². The zero-order chi connectivity index (χ0) is 14.3. The van der Waals surface area contributed by atoms with Gasteiger partial charge in [-0.05, 0) is 20.3 Å². The molecule has 6 nitrogen and oxygen atoms in total. The van der Waals surface area contributed by atoms with E-state index in [0.717, 1.165) is 12.1 Å². The van der Waals surface area contributed by atoms with Crippen LogP contribution in [0.5, 0.6) is 0 Å². The third kappa shape index (κ3) is 4.65. The molecule has 0 spiro atoms. The summed E-state index contributed by atoms with van der Waals surface area (Å²) in [5, 5.41) is 0. The first-order valence-corrected chi connectivity index (χ1v) is 6.32. The van der Waals surface area contributed by atoms with Gasteiger partial charge in [0, 0.05) is 12.7 Å². The fraction of sp³-hybridized carbons (Fsp3) is 0.538. The van der Waals surface area contributed by atoms with Gasteiger partial charge in [0.05, 0.1) is 18.5 Å². The zero-order valence-corrected chi connectivity index (χ0v) is 11.5. The van der Waals surface area contributed by atoms with Crippen LogP contribution in [0.1, 0.15) is 36.5 Å². The SMILES string of the molecule is CCCN(CC(=O)OCC)C(=O)c1cnc(C)cn1. The summed E-state index contributed by atoms with van der Waals surface area (Å²) in [7, 11) is 0. The van der Waals surface area contributed by atoms with Crippen molar-refractivity contribution in [3.8, 4) is 0 Å². The normalized spacial score (nSPS) is 10.1. The number of carbonyl (C=O) groups excluding carboxylic acids is 2. The van der Waals surface area contributed by atoms with E-state index in [9.17, 15) is 9.59 Å². The number of amides is 1. The molecule has 0 N–H and O–H groups in total. The minimum Gasteiger partial charge on any atom is -0.465 e. The molecule has 0 aliphatic heterocycles. The quantitative estimate of drug-likeness (QED) is 0.723. The molecule has 0 saturated heterocycles. The number of aryl methyl sites for hydroxylation is 1. The van der Waals surface area contributed by atoms with Crippen LogP contribution in [0.25, 0.3) is 0 Å². The Balaban J connectivity index is 2.77. The van der Waals surface area contributed by atoms with Gasteiger partial charge in [0.1, 0.15) is 12.2 Å². The second kappa shape index (κ2) is 7.45. The van der Waals surface area contributed by atoms with E-state index in [1.54, 1.807) is 13.8 Å². The first-order valence-electron chi connectivity index (χ1n) is 6.32. The van der Waals surface area contributed by atoms with Crippen molar-refractivity contribution in [3.63, 3.8) is 0 Å². The molecule has 0 radical (unpaired) electrons. The molecular formula is C13H19N3O3. The monoisotopic (exact) mass is 265 g/mol. The molecule has 1 amide bonds. The van der Waals surface area contributed by atoms with Gasteiger partial charge in [0.2, 0.25) is 0 Å². The van der Waals surface area contributed by atoms with Crippen LogP contribution in [0.4, 0.5) is 0 Å². The third-order valence-electron chi connectivity index (χ3n) is 2.41. The fourth-order valence-corrected chi connectivity index (χ4v) is 1.55. The molecule has 1 heterocycles. The average molecular weight is 265 g/mol. The standard InChI is InChI=1S/C13H19N3O3/c1-4-6-16(9-12(17)19-5-2)13(18)11-8-14-10(3)7-15-11/h7-8H,4-6,9H2,1-3H3. The summed E-state index contributed by atoms with van der Waals surface area (Å²) in [6, 6.07) is 0. The van der Waals surface area contributed by atoms with E-state index in [1.165, 1.54) is 17.3 Å². The van der Waals surface area contributed by atoms with Gasteiger partial charge >= 0.3 is 5.97 Å². The van der Waals surface area contributed by atoms with Crippen LogP contribution in [0.3, 0.4) is 0 Å². The van der Waals surface area contributed by atoms with Gasteiger partial charge in [0.25, 0.3) is 5.91 Å². The van der Waals surface area contributed by atoms with Crippen LogP contribution in [-0.4, -0.2) is 46.4 Å². The number of ether oxygens (including phenoxy) is 1. The molecular weight excluding hydrogens is 246 g/mol. The first-order chi connectivity index (χ1) is 9.08. The van der Waals surface area contributed by atoms with Crippen molar-refractivity contribution in [1.82, 2.24) is 14.9 Å². The minimum absolute atomic E-state index is 0.0595. The van der Waals surface area contributed by atoms with Crippen molar-refractivity contribution in [2.24, 2.45) is 0 Å². The smallest absolute Gasteiger partial charge is 0.325 e. The number of hydrogen-bond acceptors (Lipinski definition) is 5. The molecule has 6 heteroatoms. The summed E-state index contributed by atoms with van der Waals surface area (Å²) in [6.45, 7) is 6.19. The molecule has 0 fully saturated rings. The average Bonchev–Trinajstić information content (AvgIpc) is 2.38. The lowest BCUT2D eigenvalue weighted by molar-refractivity contribution is -0.143. The highest BCUT2D eigenvalue weighted by Gasteiger charge is 2.20. The van der Waals surface area contributed by atoms with E-state index in [2.05, 4.69) is 9.97 Å². The number of hydrogen-bond donors (Lipinski definition) is 0. The minimum atomic E-state index is -0.413. The molecule has 0 saturated carbocycles. The maximum Gasteiger partial charge on any atom is 0.325 e. The molecule has 0 atom stereocenters. The van der Waals surface area contributed by atoms with Crippen LogP contribution in [0, 0.1) is 6.92 Å². The van der Waals surface area contributed by atoms with Crippen LogP contribution >= 0.6 is 0 Å². The lowest BCUT2D eigenvalue weighted by atomic mass is 10.3. The molecule has 1 aromatic heterocycles. The largest absolute Gasteiger partial charge is 0.465 e. The molecule has 0 bridgehead atoms. The van der Waals surface area contributed by atoms with Crippen molar-refractivity contribution in [3.05, 3.63) is 23.8 Å². The summed E-state index contributed by atoms with van der Waals surface area (Å²) >= 11 is 0. The Kier molecular flexibility index (Phi) is 5.92. The predicted octanol–water partition coefficient (Wildman–Crippen LogP) is 1.20. The number of carbonyl (C=O) groups is 2. The number of nitrogens with zero attached hydrogens (tertiary/aromatic N) is 3. The topological polar surface area (TPSA) is 72.4 Å². The van der Waals surface area contributed by atoms with Gasteiger partial charge in [-0.1, -0.05) is 6.92 Å². The maximum atomic E-state index is 12.2. The van der Waals surface area contributed by atoms with E-state index in [0.29, 0.717) is 13.2 Å². The van der Waals surface area contributed by atoms with E-state index in [4.69, 9.17) is 4.74 Å². The van der Waals surface area contributed by atoms with Gasteiger partial charge in [-0.3, -0.25) is 14.6 Å². The molecule has 1 aromatic rings. The summed E-state index contributed by atoms with van der Waals surface area (Å²) < 4.78 is 4.85.